The number of carbonyl (C=O) groups is 1. The normalized spacial score (nSPS) is 16.9. The molecular weight excluding hydrogens is 538 g/mol. The molecule has 0 aliphatic carbocycles. The summed E-state index contributed by atoms with van der Waals surface area (Å²) in [6, 6.07) is 19.9. The molecule has 2 N–H and O–H groups in total. The minimum absolute atomic E-state index is 0.00829. The Morgan fingerprint density at radius 3 is 2.48 bits per heavy atom. The first-order chi connectivity index (χ1) is 19.1. The molecule has 2 atom stereocenters. The molecule has 1 fully saturated rings. The average molecular weight is 572 g/mol. The molecule has 6 nitrogen and oxygen atoms in total. The zero-order valence-electron chi connectivity index (χ0n) is 23.6. The maximum atomic E-state index is 12.4. The van der Waals surface area contributed by atoms with E-state index in [1.165, 1.54) is 0 Å². The molecule has 1 aliphatic heterocycles. The van der Waals surface area contributed by atoms with E-state index in [1.54, 1.807) is 0 Å². The number of benzene rings is 2. The molecule has 1 saturated heterocycles. The van der Waals surface area contributed by atoms with Gasteiger partial charge in [0.1, 0.15) is 0 Å². The smallest absolute Gasteiger partial charge is 0.226 e. The van der Waals surface area contributed by atoms with Crippen LogP contribution in [0.15, 0.2) is 66.9 Å². The van der Waals surface area contributed by atoms with Gasteiger partial charge in [-0.15, -0.1) is 0 Å². The molecule has 0 saturated carbocycles. The SMILES string of the molecule is Cc1cc(N2C(=S)N[C@H](c3ccccn3)[C@H]2c2cc(C)n(-c3cc(Cl)ccc3C)c2C)ccc1NC(=O)C(C)C. The van der Waals surface area contributed by atoms with E-state index in [1.807, 2.05) is 75.5 Å². The number of nitrogens with zero attached hydrogens (tertiary/aromatic N) is 3. The van der Waals surface area contributed by atoms with Gasteiger partial charge in [0.25, 0.3) is 0 Å². The maximum Gasteiger partial charge on any atom is 0.226 e. The molecule has 0 radical (unpaired) electrons. The number of aromatic nitrogens is 2. The van der Waals surface area contributed by atoms with E-state index in [0.717, 1.165) is 50.8 Å². The first kappa shape index (κ1) is 27.9. The number of halogens is 1. The number of nitrogens with one attached hydrogen (secondary N) is 2. The van der Waals surface area contributed by atoms with Gasteiger partial charge in [0.15, 0.2) is 5.11 Å². The van der Waals surface area contributed by atoms with Crippen molar-refractivity contribution >= 4 is 46.2 Å². The van der Waals surface area contributed by atoms with E-state index in [4.69, 9.17) is 28.8 Å². The third-order valence-electron chi connectivity index (χ3n) is 7.57. The minimum atomic E-state index is -0.163. The zero-order chi connectivity index (χ0) is 28.7. The van der Waals surface area contributed by atoms with E-state index in [0.29, 0.717) is 10.1 Å². The third-order valence-corrected chi connectivity index (χ3v) is 8.12. The molecule has 2 aromatic heterocycles. The molecule has 5 rings (SSSR count). The van der Waals surface area contributed by atoms with Crippen molar-refractivity contribution in [1.82, 2.24) is 14.9 Å². The summed E-state index contributed by atoms with van der Waals surface area (Å²) in [6.45, 7) is 12.1. The van der Waals surface area contributed by atoms with Crippen LogP contribution in [0.1, 0.15) is 59.7 Å². The van der Waals surface area contributed by atoms with Gasteiger partial charge in [-0.3, -0.25) is 9.78 Å². The van der Waals surface area contributed by atoms with Crippen LogP contribution in [0.4, 0.5) is 11.4 Å². The number of rotatable bonds is 6. The van der Waals surface area contributed by atoms with Crippen LogP contribution in [0, 0.1) is 33.6 Å². The van der Waals surface area contributed by atoms with E-state index in [2.05, 4.69) is 53.0 Å². The molecule has 0 bridgehead atoms. The van der Waals surface area contributed by atoms with Crippen LogP contribution in [0.25, 0.3) is 5.69 Å². The molecule has 4 aromatic rings. The van der Waals surface area contributed by atoms with E-state index in [9.17, 15) is 4.79 Å². The van der Waals surface area contributed by atoms with Crippen molar-refractivity contribution in [2.45, 2.75) is 53.6 Å². The summed E-state index contributed by atoms with van der Waals surface area (Å²) in [5.41, 5.74) is 9.21. The Labute approximate surface area is 246 Å². The number of pyridine rings is 1. The Morgan fingerprint density at radius 1 is 1.02 bits per heavy atom. The quantitative estimate of drug-likeness (QED) is 0.234. The van der Waals surface area contributed by atoms with Crippen molar-refractivity contribution < 1.29 is 4.79 Å². The lowest BCUT2D eigenvalue weighted by Gasteiger charge is -2.29. The van der Waals surface area contributed by atoms with Gasteiger partial charge < -0.3 is 20.1 Å². The highest BCUT2D eigenvalue weighted by Gasteiger charge is 2.42. The summed E-state index contributed by atoms with van der Waals surface area (Å²) in [4.78, 5) is 19.2. The second kappa shape index (κ2) is 11.1. The van der Waals surface area contributed by atoms with Crippen LogP contribution in [-0.2, 0) is 4.79 Å². The second-order valence-corrected chi connectivity index (χ2v) is 11.6. The van der Waals surface area contributed by atoms with Crippen LogP contribution in [0.2, 0.25) is 5.02 Å². The van der Waals surface area contributed by atoms with Crippen molar-refractivity contribution in [3.8, 4) is 5.69 Å². The zero-order valence-corrected chi connectivity index (χ0v) is 25.2. The van der Waals surface area contributed by atoms with Crippen molar-refractivity contribution in [1.29, 1.82) is 0 Å². The highest BCUT2D eigenvalue weighted by atomic mass is 35.5. The summed E-state index contributed by atoms with van der Waals surface area (Å²) in [7, 11) is 0. The number of hydrogen-bond acceptors (Lipinski definition) is 3. The summed E-state index contributed by atoms with van der Waals surface area (Å²) >= 11 is 12.4. The number of carbonyl (C=O) groups excluding carboxylic acids is 1. The van der Waals surface area contributed by atoms with Crippen LogP contribution in [0.5, 0.6) is 0 Å². The minimum Gasteiger partial charge on any atom is -0.351 e. The van der Waals surface area contributed by atoms with Gasteiger partial charge in [-0.25, -0.2) is 0 Å². The molecule has 2 aromatic carbocycles. The molecular formula is C32H34ClN5OS. The van der Waals surface area contributed by atoms with Gasteiger partial charge in [0.05, 0.1) is 17.8 Å². The molecule has 1 amide bonds. The lowest BCUT2D eigenvalue weighted by atomic mass is 9.96. The van der Waals surface area contributed by atoms with Gasteiger partial charge in [-0.2, -0.15) is 0 Å². The Morgan fingerprint density at radius 2 is 1.80 bits per heavy atom. The number of amides is 1. The fourth-order valence-corrected chi connectivity index (χ4v) is 5.96. The van der Waals surface area contributed by atoms with Gasteiger partial charge in [0.2, 0.25) is 5.91 Å². The predicted octanol–water partition coefficient (Wildman–Crippen LogP) is 7.53. The third kappa shape index (κ3) is 5.11. The highest BCUT2D eigenvalue weighted by Crippen LogP contribution is 2.44. The summed E-state index contributed by atoms with van der Waals surface area (Å²) in [5, 5.41) is 7.92. The number of aryl methyl sites for hydroxylation is 3. The van der Waals surface area contributed by atoms with Crippen LogP contribution in [-0.4, -0.2) is 20.6 Å². The monoisotopic (exact) mass is 571 g/mol. The summed E-state index contributed by atoms with van der Waals surface area (Å²) in [5.74, 6) is -0.109. The lowest BCUT2D eigenvalue weighted by molar-refractivity contribution is -0.118. The van der Waals surface area contributed by atoms with E-state index in [-0.39, 0.29) is 23.9 Å². The number of anilines is 2. The molecule has 8 heteroatoms. The highest BCUT2D eigenvalue weighted by molar-refractivity contribution is 7.80. The summed E-state index contributed by atoms with van der Waals surface area (Å²) < 4.78 is 2.27. The van der Waals surface area contributed by atoms with Crippen LogP contribution >= 0.6 is 23.8 Å². The van der Waals surface area contributed by atoms with Crippen molar-refractivity contribution in [3.63, 3.8) is 0 Å². The fraction of sp³-hybridized carbons (Fsp3) is 0.281. The fourth-order valence-electron chi connectivity index (χ4n) is 5.45. The van der Waals surface area contributed by atoms with Gasteiger partial charge in [0, 0.05) is 45.6 Å². The van der Waals surface area contributed by atoms with Gasteiger partial charge in [-0.1, -0.05) is 37.6 Å². The van der Waals surface area contributed by atoms with Gasteiger partial charge >= 0.3 is 0 Å². The van der Waals surface area contributed by atoms with Crippen LogP contribution in [0.3, 0.4) is 0 Å². The largest absolute Gasteiger partial charge is 0.351 e. The Balaban J connectivity index is 1.64. The number of thiocarbonyl (C=S) groups is 1. The van der Waals surface area contributed by atoms with Crippen molar-refractivity contribution in [2.24, 2.45) is 5.92 Å². The van der Waals surface area contributed by atoms with Crippen molar-refractivity contribution in [2.75, 3.05) is 10.2 Å². The van der Waals surface area contributed by atoms with Crippen LogP contribution < -0.4 is 15.5 Å². The summed E-state index contributed by atoms with van der Waals surface area (Å²) in [6.07, 6.45) is 1.81. The molecule has 1 aliphatic rings. The van der Waals surface area contributed by atoms with E-state index < -0.39 is 0 Å². The molecule has 0 unspecified atom stereocenters. The Bertz CT molecular complexity index is 1600. The lowest BCUT2D eigenvalue weighted by Crippen LogP contribution is -2.29. The molecule has 206 valence electrons. The average Bonchev–Trinajstić information content (AvgIpc) is 3.41. The molecule has 40 heavy (non-hydrogen) atoms. The first-order valence-corrected chi connectivity index (χ1v) is 14.2. The maximum absolute atomic E-state index is 12.4. The molecule has 3 heterocycles. The predicted molar refractivity (Wildman–Crippen MR) is 168 cm³/mol. The standard InChI is InChI=1S/C32H34ClN5OS/c1-18(2)31(39)35-26-13-12-24(15-20(26)4)38-30(29(36-32(38)40)27-9-7-8-14-34-27)25-16-21(5)37(22(25)6)28-17-23(33)11-10-19(28)3/h7-18,29-30H,1-6H3,(H,35,39)(H,36,40)/t29-,30-/m1/s1. The second-order valence-electron chi connectivity index (χ2n) is 10.7. The topological polar surface area (TPSA) is 62.2 Å². The van der Waals surface area contributed by atoms with Crippen molar-refractivity contribution in [3.05, 3.63) is 106 Å². The van der Waals surface area contributed by atoms with E-state index >= 15 is 0 Å². The van der Waals surface area contributed by atoms with Gasteiger partial charge in [-0.05, 0) is 105 Å². The number of hydrogen-bond donors (Lipinski definition) is 2. The Kier molecular flexibility index (Phi) is 7.71. The molecule has 0 spiro atoms. The Hall–Kier alpha value is -3.68. The first-order valence-electron chi connectivity index (χ1n) is 13.4.